The lowest BCUT2D eigenvalue weighted by Gasteiger charge is -2.26. The molecule has 0 unspecified atom stereocenters. The number of aryl methyl sites for hydroxylation is 3. The molecule has 0 atom stereocenters. The van der Waals surface area contributed by atoms with Crippen molar-refractivity contribution >= 4 is 22.5 Å². The number of aromatic amines is 1. The lowest BCUT2D eigenvalue weighted by Crippen LogP contribution is -2.33. The topological polar surface area (TPSA) is 80.9 Å². The molecule has 1 N–H and O–H groups in total. The second-order valence-electron chi connectivity index (χ2n) is 8.76. The van der Waals surface area contributed by atoms with Gasteiger partial charge in [0.1, 0.15) is 0 Å². The summed E-state index contributed by atoms with van der Waals surface area (Å²) >= 11 is 0. The molecule has 0 saturated carbocycles. The second-order valence-corrected chi connectivity index (χ2v) is 8.76. The van der Waals surface area contributed by atoms with Gasteiger partial charge in [0.2, 0.25) is 5.75 Å². The monoisotopic (exact) mass is 486 g/mol. The normalized spacial score (nSPS) is 10.8. The number of methoxy groups -OCH3 is 3. The Balaban J connectivity index is 1.87. The lowest BCUT2D eigenvalue weighted by atomic mass is 10.1. The van der Waals surface area contributed by atoms with Crippen molar-refractivity contribution in [2.45, 2.75) is 27.3 Å². The molecule has 0 saturated heterocycles. The van der Waals surface area contributed by atoms with Gasteiger partial charge in [-0.25, -0.2) is 0 Å². The Hall–Kier alpha value is -4.26. The first-order valence-corrected chi connectivity index (χ1v) is 11.6. The maximum Gasteiger partial charge on any atom is 0.258 e. The van der Waals surface area contributed by atoms with Crippen LogP contribution >= 0.6 is 0 Å². The highest BCUT2D eigenvalue weighted by Crippen LogP contribution is 2.39. The zero-order valence-corrected chi connectivity index (χ0v) is 21.4. The lowest BCUT2D eigenvalue weighted by molar-refractivity contribution is 0.0984. The van der Waals surface area contributed by atoms with E-state index in [4.69, 9.17) is 14.2 Å². The fourth-order valence-corrected chi connectivity index (χ4v) is 4.35. The van der Waals surface area contributed by atoms with Crippen LogP contribution < -0.4 is 24.7 Å². The molecular weight excluding hydrogens is 456 g/mol. The summed E-state index contributed by atoms with van der Waals surface area (Å²) in [5.74, 6) is 0.850. The standard InChI is InChI=1S/C29H30N2O5/c1-17-10-11-18(2)23(12-17)31(16-22-13-20-9-7-8-19(3)26(20)30-28(22)32)29(33)21-14-24(34-4)27(36-6)25(15-21)35-5/h7-15H,16H2,1-6H3,(H,30,32). The van der Waals surface area contributed by atoms with Crippen molar-refractivity contribution in [3.8, 4) is 17.2 Å². The molecule has 186 valence electrons. The van der Waals surface area contributed by atoms with E-state index in [2.05, 4.69) is 4.98 Å². The molecule has 0 aliphatic carbocycles. The summed E-state index contributed by atoms with van der Waals surface area (Å²) in [6.45, 7) is 5.95. The smallest absolute Gasteiger partial charge is 0.258 e. The Bertz CT molecular complexity index is 1480. The number of ether oxygens (including phenoxy) is 3. The zero-order chi connectivity index (χ0) is 26.0. The van der Waals surface area contributed by atoms with E-state index in [9.17, 15) is 9.59 Å². The Morgan fingerprint density at radius 1 is 0.861 bits per heavy atom. The van der Waals surface area contributed by atoms with Crippen molar-refractivity contribution in [3.05, 3.63) is 92.8 Å². The van der Waals surface area contributed by atoms with Crippen molar-refractivity contribution in [1.29, 1.82) is 0 Å². The number of nitrogens with zero attached hydrogens (tertiary/aromatic N) is 1. The molecule has 4 aromatic rings. The Morgan fingerprint density at radius 3 is 2.19 bits per heavy atom. The molecular formula is C29H30N2O5. The highest BCUT2D eigenvalue weighted by atomic mass is 16.5. The van der Waals surface area contributed by atoms with Crippen LogP contribution in [0.4, 0.5) is 5.69 Å². The molecule has 0 aliphatic rings. The molecule has 7 heteroatoms. The van der Waals surface area contributed by atoms with Gasteiger partial charge in [0.25, 0.3) is 11.5 Å². The van der Waals surface area contributed by atoms with Crippen LogP contribution in [0.25, 0.3) is 10.9 Å². The predicted octanol–water partition coefficient (Wildman–Crippen LogP) is 5.33. The third-order valence-corrected chi connectivity index (χ3v) is 6.31. The van der Waals surface area contributed by atoms with E-state index in [-0.39, 0.29) is 18.0 Å². The third-order valence-electron chi connectivity index (χ3n) is 6.31. The van der Waals surface area contributed by atoms with Gasteiger partial charge in [0.15, 0.2) is 11.5 Å². The molecule has 4 rings (SSSR count). The van der Waals surface area contributed by atoms with Gasteiger partial charge in [-0.15, -0.1) is 0 Å². The van der Waals surface area contributed by atoms with E-state index in [1.54, 1.807) is 17.0 Å². The van der Waals surface area contributed by atoms with Crippen molar-refractivity contribution in [2.75, 3.05) is 26.2 Å². The molecule has 1 amide bonds. The van der Waals surface area contributed by atoms with Gasteiger partial charge in [0, 0.05) is 16.8 Å². The van der Waals surface area contributed by atoms with Gasteiger partial charge in [-0.2, -0.15) is 0 Å². The van der Waals surface area contributed by atoms with Crippen molar-refractivity contribution in [3.63, 3.8) is 0 Å². The number of carbonyl (C=O) groups is 1. The second kappa shape index (κ2) is 10.2. The van der Waals surface area contributed by atoms with Gasteiger partial charge in [-0.1, -0.05) is 30.3 Å². The Morgan fingerprint density at radius 2 is 1.56 bits per heavy atom. The molecule has 0 fully saturated rings. The number of nitrogens with one attached hydrogen (secondary N) is 1. The van der Waals surface area contributed by atoms with E-state index in [0.717, 1.165) is 33.3 Å². The highest BCUT2D eigenvalue weighted by Gasteiger charge is 2.25. The number of amides is 1. The number of fused-ring (bicyclic) bond motifs is 1. The maximum absolute atomic E-state index is 14.0. The first kappa shape index (κ1) is 24.9. The molecule has 1 heterocycles. The van der Waals surface area contributed by atoms with E-state index >= 15 is 0 Å². The van der Waals surface area contributed by atoms with Crippen molar-refractivity contribution in [1.82, 2.24) is 4.98 Å². The van der Waals surface area contributed by atoms with E-state index in [0.29, 0.717) is 28.4 Å². The maximum atomic E-state index is 14.0. The summed E-state index contributed by atoms with van der Waals surface area (Å²) < 4.78 is 16.3. The number of hydrogen-bond donors (Lipinski definition) is 1. The minimum absolute atomic E-state index is 0.0823. The van der Waals surface area contributed by atoms with Crippen LogP contribution in [0, 0.1) is 20.8 Å². The minimum atomic E-state index is -0.299. The SMILES string of the molecule is COc1cc(C(=O)N(Cc2cc3cccc(C)c3[nH]c2=O)c2cc(C)ccc2C)cc(OC)c1OC. The van der Waals surface area contributed by atoms with Gasteiger partial charge >= 0.3 is 0 Å². The zero-order valence-electron chi connectivity index (χ0n) is 21.4. The van der Waals surface area contributed by atoms with Gasteiger partial charge in [-0.3, -0.25) is 9.59 Å². The first-order valence-electron chi connectivity index (χ1n) is 11.6. The molecule has 7 nitrogen and oxygen atoms in total. The number of H-pyrrole nitrogens is 1. The fourth-order valence-electron chi connectivity index (χ4n) is 4.35. The molecule has 3 aromatic carbocycles. The number of aromatic nitrogens is 1. The summed E-state index contributed by atoms with van der Waals surface area (Å²) in [7, 11) is 4.52. The van der Waals surface area contributed by atoms with E-state index < -0.39 is 0 Å². The number of pyridine rings is 1. The first-order chi connectivity index (χ1) is 17.3. The average molecular weight is 487 g/mol. The number of carbonyl (C=O) groups excluding carboxylic acids is 1. The summed E-state index contributed by atoms with van der Waals surface area (Å²) in [4.78, 5) is 31.7. The molecule has 1 aromatic heterocycles. The summed E-state index contributed by atoms with van der Waals surface area (Å²) in [5, 5.41) is 0.908. The average Bonchev–Trinajstić information content (AvgIpc) is 2.88. The fraction of sp³-hybridized carbons (Fsp3) is 0.241. The largest absolute Gasteiger partial charge is 0.493 e. The van der Waals surface area contributed by atoms with Crippen LogP contribution in [0.1, 0.15) is 32.6 Å². The van der Waals surface area contributed by atoms with Crippen LogP contribution in [-0.4, -0.2) is 32.2 Å². The number of para-hydroxylation sites is 1. The summed E-state index contributed by atoms with van der Waals surface area (Å²) in [5.41, 5.74) is 5.00. The minimum Gasteiger partial charge on any atom is -0.493 e. The molecule has 36 heavy (non-hydrogen) atoms. The number of hydrogen-bond acceptors (Lipinski definition) is 5. The van der Waals surface area contributed by atoms with Crippen LogP contribution in [0.3, 0.4) is 0 Å². The Kier molecular flexibility index (Phi) is 7.01. The number of benzene rings is 3. The van der Waals surface area contributed by atoms with Crippen molar-refractivity contribution < 1.29 is 19.0 Å². The van der Waals surface area contributed by atoms with Gasteiger partial charge < -0.3 is 24.1 Å². The van der Waals surface area contributed by atoms with Gasteiger partial charge in [-0.05, 0) is 67.1 Å². The number of anilines is 1. The summed E-state index contributed by atoms with van der Waals surface area (Å²) in [6.07, 6.45) is 0. The molecule has 0 bridgehead atoms. The van der Waals surface area contributed by atoms with Crippen LogP contribution in [-0.2, 0) is 6.54 Å². The molecule has 0 radical (unpaired) electrons. The Labute approximate surface area is 210 Å². The van der Waals surface area contributed by atoms with Gasteiger partial charge in [0.05, 0.1) is 33.4 Å². The van der Waals surface area contributed by atoms with Crippen molar-refractivity contribution in [2.24, 2.45) is 0 Å². The quantitative estimate of drug-likeness (QED) is 0.382. The van der Waals surface area contributed by atoms with E-state index in [1.165, 1.54) is 21.3 Å². The highest BCUT2D eigenvalue weighted by molar-refractivity contribution is 6.07. The molecule has 0 aliphatic heterocycles. The number of rotatable bonds is 7. The van der Waals surface area contributed by atoms with Crippen LogP contribution in [0.15, 0.2) is 59.4 Å². The third kappa shape index (κ3) is 4.64. The summed E-state index contributed by atoms with van der Waals surface area (Å²) in [6, 6.07) is 16.8. The molecule has 0 spiro atoms. The predicted molar refractivity (Wildman–Crippen MR) is 142 cm³/mol. The van der Waals surface area contributed by atoms with Crippen LogP contribution in [0.5, 0.6) is 17.2 Å². The van der Waals surface area contributed by atoms with Crippen LogP contribution in [0.2, 0.25) is 0 Å². The van der Waals surface area contributed by atoms with E-state index in [1.807, 2.05) is 63.2 Å².